The molecule has 0 saturated carbocycles. The van der Waals surface area contributed by atoms with Crippen LogP contribution in [0.3, 0.4) is 0 Å². The molecule has 1 aliphatic rings. The van der Waals surface area contributed by atoms with Crippen LogP contribution in [0.2, 0.25) is 0 Å². The van der Waals surface area contributed by atoms with Crippen molar-refractivity contribution < 1.29 is 24.2 Å². The van der Waals surface area contributed by atoms with Gasteiger partial charge in [-0.25, -0.2) is 0 Å². The molecule has 1 atom stereocenters. The highest BCUT2D eigenvalue weighted by Crippen LogP contribution is 2.36. The molecule has 1 aliphatic heterocycles. The Morgan fingerprint density at radius 1 is 1.32 bits per heavy atom. The Morgan fingerprint density at radius 2 is 2.08 bits per heavy atom. The van der Waals surface area contributed by atoms with E-state index in [2.05, 4.69) is 0 Å². The van der Waals surface area contributed by atoms with Crippen LogP contribution in [0.1, 0.15) is 41.6 Å². The van der Waals surface area contributed by atoms with Gasteiger partial charge < -0.3 is 19.5 Å². The van der Waals surface area contributed by atoms with Crippen LogP contribution in [0.5, 0.6) is 5.75 Å². The third-order valence-corrected chi connectivity index (χ3v) is 4.91. The van der Waals surface area contributed by atoms with Gasteiger partial charge in [0.1, 0.15) is 5.75 Å². The predicted octanol–water partition coefficient (Wildman–Crippen LogP) is 2.74. The molecule has 0 aromatic heterocycles. The summed E-state index contributed by atoms with van der Waals surface area (Å²) in [5.74, 6) is -0.484. The third-order valence-electron chi connectivity index (χ3n) is 4.91. The first-order valence-corrected chi connectivity index (χ1v) is 8.60. The summed E-state index contributed by atoms with van der Waals surface area (Å²) >= 11 is 0. The first-order valence-electron chi connectivity index (χ1n) is 8.60. The van der Waals surface area contributed by atoms with Gasteiger partial charge in [-0.1, -0.05) is 6.07 Å². The molecule has 6 heteroatoms. The molecule has 1 amide bonds. The SMILES string of the molecule is COCCC[C@]1(C(=O)O)CCCN(C(=O)c2ccc(C)cc2OC)C1. The van der Waals surface area contributed by atoms with Crippen molar-refractivity contribution in [2.45, 2.75) is 32.6 Å². The molecule has 1 aromatic carbocycles. The summed E-state index contributed by atoms with van der Waals surface area (Å²) in [6, 6.07) is 5.43. The van der Waals surface area contributed by atoms with Crippen molar-refractivity contribution in [2.24, 2.45) is 5.41 Å². The van der Waals surface area contributed by atoms with E-state index in [0.717, 1.165) is 5.56 Å². The molecule has 1 aromatic rings. The monoisotopic (exact) mass is 349 g/mol. The fourth-order valence-electron chi connectivity index (χ4n) is 3.49. The van der Waals surface area contributed by atoms with Gasteiger partial charge in [0.05, 0.1) is 18.1 Å². The number of benzene rings is 1. The van der Waals surface area contributed by atoms with Crippen LogP contribution in [0.25, 0.3) is 0 Å². The number of ether oxygens (including phenoxy) is 2. The van der Waals surface area contributed by atoms with E-state index in [0.29, 0.717) is 50.1 Å². The molecule has 1 fully saturated rings. The van der Waals surface area contributed by atoms with E-state index in [1.807, 2.05) is 19.1 Å². The average Bonchev–Trinajstić information content (AvgIpc) is 2.61. The number of hydrogen-bond donors (Lipinski definition) is 1. The number of methoxy groups -OCH3 is 2. The van der Waals surface area contributed by atoms with Gasteiger partial charge in [0.15, 0.2) is 0 Å². The molecule has 0 aliphatic carbocycles. The first kappa shape index (κ1) is 19.2. The second kappa shape index (κ2) is 8.34. The van der Waals surface area contributed by atoms with Crippen molar-refractivity contribution in [1.29, 1.82) is 0 Å². The van der Waals surface area contributed by atoms with Crippen LogP contribution in [-0.2, 0) is 9.53 Å². The molecular formula is C19H27NO5. The first-order chi connectivity index (χ1) is 11.9. The number of carboxylic acid groups (broad SMARTS) is 1. The maximum atomic E-state index is 13.0. The number of amides is 1. The second-order valence-corrected chi connectivity index (χ2v) is 6.72. The molecule has 2 rings (SSSR count). The minimum absolute atomic E-state index is 0.172. The van der Waals surface area contributed by atoms with Gasteiger partial charge in [0.2, 0.25) is 0 Å². The lowest BCUT2D eigenvalue weighted by Crippen LogP contribution is -2.50. The van der Waals surface area contributed by atoms with Gasteiger partial charge in [-0.15, -0.1) is 0 Å². The van der Waals surface area contributed by atoms with Crippen LogP contribution < -0.4 is 4.74 Å². The lowest BCUT2D eigenvalue weighted by atomic mass is 9.76. The summed E-state index contributed by atoms with van der Waals surface area (Å²) in [4.78, 5) is 26.5. The molecule has 25 heavy (non-hydrogen) atoms. The summed E-state index contributed by atoms with van der Waals surface area (Å²) in [6.07, 6.45) is 2.43. The maximum Gasteiger partial charge on any atom is 0.311 e. The lowest BCUT2D eigenvalue weighted by molar-refractivity contribution is -0.152. The highest BCUT2D eigenvalue weighted by Gasteiger charge is 2.43. The fraction of sp³-hybridized carbons (Fsp3) is 0.579. The smallest absolute Gasteiger partial charge is 0.311 e. The Kier molecular flexibility index (Phi) is 6.42. The summed E-state index contributed by atoms with van der Waals surface area (Å²) in [7, 11) is 3.14. The third kappa shape index (κ3) is 4.31. The molecule has 1 heterocycles. The molecule has 0 spiro atoms. The quantitative estimate of drug-likeness (QED) is 0.766. The number of carbonyl (C=O) groups is 2. The summed E-state index contributed by atoms with van der Waals surface area (Å²) in [6.45, 7) is 3.24. The van der Waals surface area contributed by atoms with E-state index in [1.54, 1.807) is 18.1 Å². The second-order valence-electron chi connectivity index (χ2n) is 6.72. The number of rotatable bonds is 7. The van der Waals surface area contributed by atoms with Crippen molar-refractivity contribution in [2.75, 3.05) is 33.9 Å². The molecule has 1 saturated heterocycles. The van der Waals surface area contributed by atoms with Crippen LogP contribution in [-0.4, -0.2) is 55.8 Å². The predicted molar refractivity (Wildman–Crippen MR) is 94.0 cm³/mol. The average molecular weight is 349 g/mol. The largest absolute Gasteiger partial charge is 0.496 e. The van der Waals surface area contributed by atoms with Gasteiger partial charge >= 0.3 is 5.97 Å². The topological polar surface area (TPSA) is 76.1 Å². The normalized spacial score (nSPS) is 20.4. The summed E-state index contributed by atoms with van der Waals surface area (Å²) < 4.78 is 10.4. The van der Waals surface area contributed by atoms with E-state index >= 15 is 0 Å². The number of carboxylic acids is 1. The number of aryl methyl sites for hydroxylation is 1. The van der Waals surface area contributed by atoms with Gasteiger partial charge in [-0.3, -0.25) is 9.59 Å². The van der Waals surface area contributed by atoms with Gasteiger partial charge in [-0.05, 0) is 50.3 Å². The van der Waals surface area contributed by atoms with Gasteiger partial charge in [-0.2, -0.15) is 0 Å². The summed E-state index contributed by atoms with van der Waals surface area (Å²) in [5, 5.41) is 9.79. The minimum Gasteiger partial charge on any atom is -0.496 e. The van der Waals surface area contributed by atoms with E-state index in [9.17, 15) is 14.7 Å². The van der Waals surface area contributed by atoms with Crippen molar-refractivity contribution in [3.8, 4) is 5.75 Å². The van der Waals surface area contributed by atoms with E-state index in [-0.39, 0.29) is 12.5 Å². The highest BCUT2D eigenvalue weighted by molar-refractivity contribution is 5.97. The Hall–Kier alpha value is -2.08. The van der Waals surface area contributed by atoms with E-state index in [1.165, 1.54) is 7.11 Å². The number of piperidine rings is 1. The number of likely N-dealkylation sites (tertiary alicyclic amines) is 1. The van der Waals surface area contributed by atoms with E-state index in [4.69, 9.17) is 9.47 Å². The van der Waals surface area contributed by atoms with Crippen LogP contribution in [0.4, 0.5) is 0 Å². The molecule has 6 nitrogen and oxygen atoms in total. The van der Waals surface area contributed by atoms with Crippen molar-refractivity contribution in [3.05, 3.63) is 29.3 Å². The lowest BCUT2D eigenvalue weighted by Gasteiger charge is -2.40. The maximum absolute atomic E-state index is 13.0. The zero-order chi connectivity index (χ0) is 18.4. The zero-order valence-corrected chi connectivity index (χ0v) is 15.2. The van der Waals surface area contributed by atoms with Crippen molar-refractivity contribution >= 4 is 11.9 Å². The molecule has 138 valence electrons. The molecule has 0 radical (unpaired) electrons. The van der Waals surface area contributed by atoms with Crippen molar-refractivity contribution in [3.63, 3.8) is 0 Å². The van der Waals surface area contributed by atoms with Gasteiger partial charge in [0, 0.05) is 26.8 Å². The minimum atomic E-state index is -0.898. The standard InChI is InChI=1S/C19H27NO5/c1-14-6-7-15(16(12-14)25-3)17(21)20-10-4-8-19(13-20,18(22)23)9-5-11-24-2/h6-7,12H,4-5,8-11,13H2,1-3H3,(H,22,23)/t19-/m1/s1. The van der Waals surface area contributed by atoms with Crippen LogP contribution >= 0.6 is 0 Å². The van der Waals surface area contributed by atoms with E-state index < -0.39 is 11.4 Å². The molecule has 0 bridgehead atoms. The highest BCUT2D eigenvalue weighted by atomic mass is 16.5. The Morgan fingerprint density at radius 3 is 2.72 bits per heavy atom. The van der Waals surface area contributed by atoms with Crippen LogP contribution in [0.15, 0.2) is 18.2 Å². The fourth-order valence-corrected chi connectivity index (χ4v) is 3.49. The van der Waals surface area contributed by atoms with Gasteiger partial charge in [0.25, 0.3) is 5.91 Å². The number of aliphatic carboxylic acids is 1. The van der Waals surface area contributed by atoms with Crippen molar-refractivity contribution in [1.82, 2.24) is 4.90 Å². The Bertz CT molecular complexity index is 630. The van der Waals surface area contributed by atoms with Crippen LogP contribution in [0, 0.1) is 12.3 Å². The molecular weight excluding hydrogens is 322 g/mol. The number of hydrogen-bond acceptors (Lipinski definition) is 4. The Labute approximate surface area is 148 Å². The Balaban J connectivity index is 2.21. The molecule has 1 N–H and O–H groups in total. The zero-order valence-electron chi connectivity index (χ0n) is 15.2. The number of carbonyl (C=O) groups excluding carboxylic acids is 1. The summed E-state index contributed by atoms with van der Waals surface area (Å²) in [5.41, 5.74) is 0.586. The molecule has 0 unspecified atom stereocenters. The number of nitrogens with zero attached hydrogens (tertiary/aromatic N) is 1.